The number of aromatic amines is 1. The molecule has 0 spiro atoms. The first kappa shape index (κ1) is 16.2. The summed E-state index contributed by atoms with van der Waals surface area (Å²) in [5.74, 6) is -0.217. The van der Waals surface area contributed by atoms with Crippen molar-refractivity contribution in [2.24, 2.45) is 0 Å². The first-order valence-corrected chi connectivity index (χ1v) is 9.81. The predicted molar refractivity (Wildman–Crippen MR) is 108 cm³/mol. The largest absolute Gasteiger partial charge is 0.281 e. The van der Waals surface area contributed by atoms with Crippen LogP contribution in [0.4, 0.5) is 4.39 Å². The van der Waals surface area contributed by atoms with E-state index in [4.69, 9.17) is 0 Å². The molecule has 4 aromatic rings. The molecule has 0 amide bonds. The van der Waals surface area contributed by atoms with Crippen LogP contribution in [0, 0.1) is 5.82 Å². The Morgan fingerprint density at radius 2 is 1.85 bits per heavy atom. The van der Waals surface area contributed by atoms with Crippen LogP contribution in [0.1, 0.15) is 22.4 Å². The van der Waals surface area contributed by atoms with Crippen LogP contribution in [-0.4, -0.2) is 10.2 Å². The quantitative estimate of drug-likeness (QED) is 0.481. The number of hydrogen-bond acceptors (Lipinski definition) is 2. The highest BCUT2D eigenvalue weighted by molar-refractivity contribution is 7.08. The Labute approximate surface area is 161 Å². The number of halogens is 1. The van der Waals surface area contributed by atoms with Gasteiger partial charge in [-0.3, -0.25) is 5.10 Å². The van der Waals surface area contributed by atoms with E-state index < -0.39 is 5.41 Å². The van der Waals surface area contributed by atoms with Crippen molar-refractivity contribution in [3.63, 3.8) is 0 Å². The first-order valence-electron chi connectivity index (χ1n) is 8.87. The summed E-state index contributed by atoms with van der Waals surface area (Å²) in [7, 11) is 0. The van der Waals surface area contributed by atoms with Crippen LogP contribution in [0.15, 0.2) is 77.5 Å². The van der Waals surface area contributed by atoms with Gasteiger partial charge in [0.1, 0.15) is 11.5 Å². The number of H-pyrrole nitrogens is 1. The minimum atomic E-state index is -0.422. The van der Waals surface area contributed by atoms with Crippen LogP contribution in [-0.2, 0) is 11.8 Å². The van der Waals surface area contributed by atoms with E-state index in [9.17, 15) is 4.39 Å². The average molecular weight is 372 g/mol. The maximum absolute atomic E-state index is 14.1. The van der Waals surface area contributed by atoms with Crippen LogP contribution in [0.3, 0.4) is 0 Å². The molecule has 2 heterocycles. The van der Waals surface area contributed by atoms with E-state index >= 15 is 0 Å². The van der Waals surface area contributed by atoms with Crippen LogP contribution >= 0.6 is 11.3 Å². The van der Waals surface area contributed by atoms with Gasteiger partial charge in [0.05, 0.1) is 0 Å². The molecule has 27 heavy (non-hydrogen) atoms. The Hall–Kier alpha value is -2.98. The molecule has 4 heteroatoms. The SMILES string of the molecule is Fc1cccc(C2(c3ccccc3)C=Cc3c(-c4ccsc4)n[nH]c3C2)c1. The lowest BCUT2D eigenvalue weighted by Gasteiger charge is -2.34. The van der Waals surface area contributed by atoms with E-state index in [1.165, 1.54) is 6.07 Å². The summed E-state index contributed by atoms with van der Waals surface area (Å²) in [6.45, 7) is 0. The number of nitrogens with one attached hydrogen (secondary N) is 1. The fraction of sp³-hybridized carbons (Fsp3) is 0.0870. The molecule has 2 nitrogen and oxygen atoms in total. The molecule has 1 unspecified atom stereocenters. The van der Waals surface area contributed by atoms with Gasteiger partial charge in [0.25, 0.3) is 0 Å². The fourth-order valence-electron chi connectivity index (χ4n) is 3.95. The molecule has 0 fully saturated rings. The number of thiophene rings is 1. The molecule has 5 rings (SSSR count). The third-order valence-electron chi connectivity index (χ3n) is 5.30. The number of nitrogens with zero attached hydrogens (tertiary/aromatic N) is 1. The zero-order valence-electron chi connectivity index (χ0n) is 14.5. The number of fused-ring (bicyclic) bond motifs is 1. The first-order chi connectivity index (χ1) is 13.3. The Bertz CT molecular complexity index is 1110. The van der Waals surface area contributed by atoms with Crippen molar-refractivity contribution in [2.45, 2.75) is 11.8 Å². The normalized spacial score (nSPS) is 18.4. The monoisotopic (exact) mass is 372 g/mol. The average Bonchev–Trinajstić information content (AvgIpc) is 3.37. The van der Waals surface area contributed by atoms with Gasteiger partial charge in [-0.25, -0.2) is 4.39 Å². The van der Waals surface area contributed by atoms with Crippen LogP contribution in [0.2, 0.25) is 0 Å². The second kappa shape index (κ2) is 6.32. The van der Waals surface area contributed by atoms with Gasteiger partial charge in [0.2, 0.25) is 0 Å². The highest BCUT2D eigenvalue weighted by Gasteiger charge is 2.36. The van der Waals surface area contributed by atoms with E-state index in [0.29, 0.717) is 6.42 Å². The van der Waals surface area contributed by atoms with E-state index in [1.54, 1.807) is 23.5 Å². The molecule has 0 radical (unpaired) electrons. The highest BCUT2D eigenvalue weighted by Crippen LogP contribution is 2.43. The maximum atomic E-state index is 14.1. The standard InChI is InChI=1S/C23H17FN2S/c24-19-8-4-7-18(13-19)23(17-5-2-1-3-6-17)11-9-20-21(14-23)25-26-22(20)16-10-12-27-15-16/h1-13,15H,14H2,(H,25,26). The second-order valence-corrected chi connectivity index (χ2v) is 7.61. The maximum Gasteiger partial charge on any atom is 0.123 e. The van der Waals surface area contributed by atoms with Gasteiger partial charge in [-0.1, -0.05) is 54.6 Å². The molecule has 2 aromatic heterocycles. The number of hydrogen-bond donors (Lipinski definition) is 1. The van der Waals surface area contributed by atoms with Crippen molar-refractivity contribution >= 4 is 17.4 Å². The molecule has 2 aromatic carbocycles. The van der Waals surface area contributed by atoms with Crippen LogP contribution < -0.4 is 0 Å². The van der Waals surface area contributed by atoms with Crippen molar-refractivity contribution in [3.8, 4) is 11.3 Å². The molecular formula is C23H17FN2S. The number of rotatable bonds is 3. The lowest BCUT2D eigenvalue weighted by atomic mass is 9.68. The van der Waals surface area contributed by atoms with Crippen molar-refractivity contribution in [1.82, 2.24) is 10.2 Å². The molecule has 1 aliphatic rings. The molecule has 0 aliphatic heterocycles. The third-order valence-corrected chi connectivity index (χ3v) is 5.98. The van der Waals surface area contributed by atoms with E-state index in [1.807, 2.05) is 24.3 Å². The lowest BCUT2D eigenvalue weighted by molar-refractivity contribution is 0.594. The molecule has 1 atom stereocenters. The van der Waals surface area contributed by atoms with Gasteiger partial charge in [-0.15, -0.1) is 0 Å². The van der Waals surface area contributed by atoms with Crippen molar-refractivity contribution < 1.29 is 4.39 Å². The van der Waals surface area contributed by atoms with Crippen LogP contribution in [0.5, 0.6) is 0 Å². The zero-order valence-corrected chi connectivity index (χ0v) is 15.3. The van der Waals surface area contributed by atoms with Gasteiger partial charge in [0.15, 0.2) is 0 Å². The summed E-state index contributed by atoms with van der Waals surface area (Å²) in [6, 6.07) is 19.3. The molecule has 1 N–H and O–H groups in total. The Balaban J connectivity index is 1.68. The summed E-state index contributed by atoms with van der Waals surface area (Å²) in [6.07, 6.45) is 5.04. The molecule has 0 saturated heterocycles. The third kappa shape index (κ3) is 2.64. The summed E-state index contributed by atoms with van der Waals surface area (Å²) in [4.78, 5) is 0. The summed E-state index contributed by atoms with van der Waals surface area (Å²) >= 11 is 1.66. The van der Waals surface area contributed by atoms with Crippen LogP contribution in [0.25, 0.3) is 17.3 Å². The van der Waals surface area contributed by atoms with E-state index in [2.05, 4.69) is 51.3 Å². The van der Waals surface area contributed by atoms with Gasteiger partial charge < -0.3 is 0 Å². The van der Waals surface area contributed by atoms with E-state index in [-0.39, 0.29) is 5.82 Å². The predicted octanol–water partition coefficient (Wildman–Crippen LogP) is 5.83. The van der Waals surface area contributed by atoms with Gasteiger partial charge in [-0.2, -0.15) is 16.4 Å². The lowest BCUT2D eigenvalue weighted by Crippen LogP contribution is -2.30. The minimum absolute atomic E-state index is 0.217. The molecular weight excluding hydrogens is 355 g/mol. The smallest absolute Gasteiger partial charge is 0.123 e. The van der Waals surface area contributed by atoms with Gasteiger partial charge in [-0.05, 0) is 34.7 Å². The van der Waals surface area contributed by atoms with Crippen molar-refractivity contribution in [3.05, 3.63) is 106 Å². The Morgan fingerprint density at radius 1 is 1.00 bits per heavy atom. The minimum Gasteiger partial charge on any atom is -0.281 e. The van der Waals surface area contributed by atoms with Crippen molar-refractivity contribution in [2.75, 3.05) is 0 Å². The van der Waals surface area contributed by atoms with E-state index in [0.717, 1.165) is 33.6 Å². The van der Waals surface area contributed by atoms with Gasteiger partial charge in [0, 0.05) is 34.0 Å². The molecule has 132 valence electrons. The molecule has 0 bridgehead atoms. The number of allylic oxidation sites excluding steroid dienone is 1. The Kier molecular flexibility index (Phi) is 3.80. The summed E-state index contributed by atoms with van der Waals surface area (Å²) in [5.41, 5.74) is 5.97. The molecule has 0 saturated carbocycles. The number of aromatic nitrogens is 2. The Morgan fingerprint density at radius 3 is 2.63 bits per heavy atom. The summed E-state index contributed by atoms with van der Waals surface area (Å²) < 4.78 is 14.1. The topological polar surface area (TPSA) is 28.7 Å². The fourth-order valence-corrected chi connectivity index (χ4v) is 4.59. The van der Waals surface area contributed by atoms with Gasteiger partial charge >= 0.3 is 0 Å². The van der Waals surface area contributed by atoms with Crippen molar-refractivity contribution in [1.29, 1.82) is 0 Å². The second-order valence-electron chi connectivity index (χ2n) is 6.83. The molecule has 1 aliphatic carbocycles. The highest BCUT2D eigenvalue weighted by atomic mass is 32.1. The zero-order chi connectivity index (χ0) is 18.3. The number of benzene rings is 2. The summed E-state index contributed by atoms with van der Waals surface area (Å²) in [5, 5.41) is 12.0.